The van der Waals surface area contributed by atoms with Gasteiger partial charge in [-0.1, -0.05) is 0 Å². The summed E-state index contributed by atoms with van der Waals surface area (Å²) in [5.41, 5.74) is 8.60. The van der Waals surface area contributed by atoms with E-state index in [0.717, 1.165) is 77.0 Å². The fraction of sp³-hybridized carbons (Fsp3) is 0.442. The standard InChI is InChI=1S/C43H52N2O10/c1-44-14-12-25-28(21-36(49-6)41(52-9)39(25)50-7)29(44)17-24-19-32(46-3)34(48-5)22-31(24)55-35-18-23-16-30-37-26(13-15-45(30)2)40(51-8)43(54-11)42(53-10)38(37)27(23)20-33(35)47-4/h18-22,29-30H,12-17H2,1-11H3. The molecule has 7 rings (SSSR count). The van der Waals surface area contributed by atoms with Crippen molar-refractivity contribution in [1.29, 1.82) is 0 Å². The summed E-state index contributed by atoms with van der Waals surface area (Å²) in [6.07, 6.45) is 2.99. The van der Waals surface area contributed by atoms with Crippen LogP contribution in [-0.4, -0.2) is 101 Å². The van der Waals surface area contributed by atoms with Gasteiger partial charge in [-0.25, -0.2) is 0 Å². The summed E-state index contributed by atoms with van der Waals surface area (Å²) in [4.78, 5) is 4.74. The molecule has 0 radical (unpaired) electrons. The van der Waals surface area contributed by atoms with E-state index in [2.05, 4.69) is 42.1 Å². The van der Waals surface area contributed by atoms with Crippen LogP contribution in [0.3, 0.4) is 0 Å². The average molecular weight is 757 g/mol. The fourth-order valence-electron chi connectivity index (χ4n) is 8.82. The predicted octanol–water partition coefficient (Wildman–Crippen LogP) is 7.08. The van der Waals surface area contributed by atoms with Crippen LogP contribution in [0.4, 0.5) is 0 Å². The van der Waals surface area contributed by atoms with Crippen molar-refractivity contribution >= 4 is 0 Å². The van der Waals surface area contributed by atoms with Gasteiger partial charge in [0.05, 0.1) is 64.0 Å². The van der Waals surface area contributed by atoms with Crippen molar-refractivity contribution in [2.75, 3.05) is 91.2 Å². The van der Waals surface area contributed by atoms with Gasteiger partial charge in [-0.3, -0.25) is 9.80 Å². The van der Waals surface area contributed by atoms with E-state index in [1.807, 2.05) is 12.1 Å². The fourth-order valence-corrected chi connectivity index (χ4v) is 8.82. The maximum atomic E-state index is 6.95. The minimum Gasteiger partial charge on any atom is -0.493 e. The Morgan fingerprint density at radius 1 is 0.527 bits per heavy atom. The number of hydrogen-bond acceptors (Lipinski definition) is 12. The Kier molecular flexibility index (Phi) is 10.7. The zero-order chi connectivity index (χ0) is 39.1. The Balaban J connectivity index is 1.36. The van der Waals surface area contributed by atoms with Crippen molar-refractivity contribution in [2.45, 2.75) is 37.8 Å². The molecule has 0 saturated carbocycles. The third-order valence-corrected chi connectivity index (χ3v) is 11.5. The highest BCUT2D eigenvalue weighted by atomic mass is 16.5. The zero-order valence-corrected chi connectivity index (χ0v) is 33.8. The van der Waals surface area contributed by atoms with Crippen LogP contribution < -0.4 is 47.4 Å². The number of ether oxygens (including phenoxy) is 10. The van der Waals surface area contributed by atoms with E-state index >= 15 is 0 Å². The summed E-state index contributed by atoms with van der Waals surface area (Å²) in [6, 6.07) is 10.2. The highest BCUT2D eigenvalue weighted by Gasteiger charge is 2.40. The Labute approximate surface area is 323 Å². The number of methoxy groups -OCH3 is 9. The van der Waals surface area contributed by atoms with Crippen LogP contribution in [0.1, 0.15) is 45.5 Å². The molecule has 2 atom stereocenters. The van der Waals surface area contributed by atoms with Crippen LogP contribution in [0.25, 0.3) is 11.1 Å². The van der Waals surface area contributed by atoms with Gasteiger partial charge in [0, 0.05) is 53.5 Å². The molecule has 0 bridgehead atoms. The summed E-state index contributed by atoms with van der Waals surface area (Å²) < 4.78 is 60.1. The molecule has 0 aromatic heterocycles. The van der Waals surface area contributed by atoms with Crippen LogP contribution >= 0.6 is 0 Å². The number of benzene rings is 4. The van der Waals surface area contributed by atoms with Gasteiger partial charge in [-0.2, -0.15) is 0 Å². The quantitative estimate of drug-likeness (QED) is 0.140. The predicted molar refractivity (Wildman–Crippen MR) is 209 cm³/mol. The Morgan fingerprint density at radius 3 is 1.75 bits per heavy atom. The van der Waals surface area contributed by atoms with Crippen molar-refractivity contribution < 1.29 is 47.4 Å². The first-order valence-corrected chi connectivity index (χ1v) is 18.4. The maximum Gasteiger partial charge on any atom is 0.204 e. The topological polar surface area (TPSA) is 98.8 Å². The van der Waals surface area contributed by atoms with Crippen molar-refractivity contribution in [3.8, 4) is 74.4 Å². The third-order valence-electron chi connectivity index (χ3n) is 11.5. The second-order valence-electron chi connectivity index (χ2n) is 14.1. The second-order valence-corrected chi connectivity index (χ2v) is 14.1. The molecule has 12 nitrogen and oxygen atoms in total. The average Bonchev–Trinajstić information content (AvgIpc) is 3.21. The molecule has 4 aromatic rings. The molecule has 0 spiro atoms. The summed E-state index contributed by atoms with van der Waals surface area (Å²) >= 11 is 0. The third kappa shape index (κ3) is 6.25. The number of hydrogen-bond donors (Lipinski definition) is 0. The highest BCUT2D eigenvalue weighted by molar-refractivity contribution is 5.87. The smallest absolute Gasteiger partial charge is 0.204 e. The zero-order valence-electron chi connectivity index (χ0n) is 33.8. The maximum absolute atomic E-state index is 6.95. The lowest BCUT2D eigenvalue weighted by molar-refractivity contribution is 0.222. The normalized spacial score (nSPS) is 17.3. The summed E-state index contributed by atoms with van der Waals surface area (Å²) in [5, 5.41) is 0. The van der Waals surface area contributed by atoms with Crippen LogP contribution in [-0.2, 0) is 25.7 Å². The molecule has 0 fully saturated rings. The molecular formula is C43H52N2O10. The first-order chi connectivity index (χ1) is 26.7. The van der Waals surface area contributed by atoms with Crippen LogP contribution in [0.15, 0.2) is 30.3 Å². The molecule has 1 aliphatic carbocycles. The first-order valence-electron chi connectivity index (χ1n) is 18.4. The molecule has 0 amide bonds. The molecule has 0 N–H and O–H groups in total. The summed E-state index contributed by atoms with van der Waals surface area (Å²) in [7, 11) is 19.2. The molecule has 55 heavy (non-hydrogen) atoms. The molecule has 2 aliphatic heterocycles. The van der Waals surface area contributed by atoms with E-state index in [-0.39, 0.29) is 12.1 Å². The van der Waals surface area contributed by atoms with Crippen molar-refractivity contribution in [2.24, 2.45) is 0 Å². The molecular weight excluding hydrogens is 704 g/mol. The Hall–Kier alpha value is -5.20. The minimum atomic E-state index is -0.0460. The van der Waals surface area contributed by atoms with Crippen molar-refractivity contribution in [3.05, 3.63) is 63.7 Å². The van der Waals surface area contributed by atoms with E-state index in [1.165, 1.54) is 5.56 Å². The lowest BCUT2D eigenvalue weighted by Gasteiger charge is -2.41. The molecule has 2 heterocycles. The molecule has 2 unspecified atom stereocenters. The van der Waals surface area contributed by atoms with Gasteiger partial charge in [0.15, 0.2) is 46.0 Å². The lowest BCUT2D eigenvalue weighted by atomic mass is 9.76. The molecule has 294 valence electrons. The molecule has 3 aliphatic rings. The van der Waals surface area contributed by atoms with E-state index in [1.54, 1.807) is 64.0 Å². The van der Waals surface area contributed by atoms with E-state index in [0.29, 0.717) is 63.9 Å². The van der Waals surface area contributed by atoms with Gasteiger partial charge in [0.2, 0.25) is 11.5 Å². The van der Waals surface area contributed by atoms with Gasteiger partial charge < -0.3 is 47.4 Å². The first kappa shape index (κ1) is 38.1. The molecule has 4 aromatic carbocycles. The lowest BCUT2D eigenvalue weighted by Crippen LogP contribution is -2.36. The highest BCUT2D eigenvalue weighted by Crippen LogP contribution is 2.58. The van der Waals surface area contributed by atoms with Crippen LogP contribution in [0.5, 0.6) is 63.2 Å². The van der Waals surface area contributed by atoms with Crippen LogP contribution in [0, 0.1) is 0 Å². The monoisotopic (exact) mass is 756 g/mol. The Bertz CT molecular complexity index is 2100. The summed E-state index contributed by atoms with van der Waals surface area (Å²) in [5.74, 6) is 6.82. The largest absolute Gasteiger partial charge is 0.493 e. The van der Waals surface area contributed by atoms with Crippen molar-refractivity contribution in [1.82, 2.24) is 9.80 Å². The summed E-state index contributed by atoms with van der Waals surface area (Å²) in [6.45, 7) is 1.71. The van der Waals surface area contributed by atoms with Gasteiger partial charge in [0.1, 0.15) is 5.75 Å². The van der Waals surface area contributed by atoms with Gasteiger partial charge >= 0.3 is 0 Å². The Morgan fingerprint density at radius 2 is 1.11 bits per heavy atom. The van der Waals surface area contributed by atoms with Crippen LogP contribution in [0.2, 0.25) is 0 Å². The molecule has 0 saturated heterocycles. The van der Waals surface area contributed by atoms with Gasteiger partial charge in [-0.05, 0) is 86.3 Å². The van der Waals surface area contributed by atoms with Crippen molar-refractivity contribution in [3.63, 3.8) is 0 Å². The van der Waals surface area contributed by atoms with Gasteiger partial charge in [-0.15, -0.1) is 0 Å². The van der Waals surface area contributed by atoms with Gasteiger partial charge in [0.25, 0.3) is 0 Å². The molecule has 12 heteroatoms. The minimum absolute atomic E-state index is 0.0460. The second kappa shape index (κ2) is 15.5. The van der Waals surface area contributed by atoms with E-state index in [4.69, 9.17) is 47.4 Å². The SMILES string of the molecule is COc1cc(CC2c3cc(OC)c(OC)c(OC)c3CCN2C)c(Oc2cc3c(cc2OC)-c2c(OC)c(OC)c(OC)c4c2C(C3)N(C)CC4)cc1OC. The number of likely N-dealkylation sites (N-methyl/N-ethyl adjacent to an activating group) is 2. The van der Waals surface area contributed by atoms with E-state index < -0.39 is 0 Å². The van der Waals surface area contributed by atoms with E-state index in [9.17, 15) is 0 Å². The number of fused-ring (bicyclic) bond motifs is 3. The number of rotatable bonds is 13. The number of nitrogens with zero attached hydrogens (tertiary/aromatic N) is 2.